The van der Waals surface area contributed by atoms with Crippen molar-refractivity contribution in [3.8, 4) is 0 Å². The molecule has 0 aliphatic carbocycles. The molecule has 0 bridgehead atoms. The molecular weight excluding hydrogens is 366 g/mol. The summed E-state index contributed by atoms with van der Waals surface area (Å²) in [6, 6.07) is 2.95. The predicted octanol–water partition coefficient (Wildman–Crippen LogP) is 1.78. The van der Waals surface area contributed by atoms with Crippen molar-refractivity contribution in [3.05, 3.63) is 30.0 Å². The van der Waals surface area contributed by atoms with Gasteiger partial charge in [0, 0.05) is 44.3 Å². The first-order chi connectivity index (χ1) is 13.1. The Morgan fingerprint density at radius 3 is 2.67 bits per heavy atom. The molecule has 2 saturated heterocycles. The van der Waals surface area contributed by atoms with E-state index in [9.17, 15) is 9.59 Å². The Bertz CT molecular complexity index is 798. The Morgan fingerprint density at radius 2 is 2.00 bits per heavy atom. The van der Waals surface area contributed by atoms with E-state index < -0.39 is 6.04 Å². The van der Waals surface area contributed by atoms with Crippen LogP contribution in [0, 0.1) is 6.92 Å². The highest BCUT2D eigenvalue weighted by molar-refractivity contribution is 7.09. The monoisotopic (exact) mass is 389 g/mol. The average molecular weight is 389 g/mol. The van der Waals surface area contributed by atoms with Gasteiger partial charge in [0.15, 0.2) is 5.76 Å². The Hall–Kier alpha value is -2.42. The number of likely N-dealkylation sites (tertiary alicyclic amines) is 1. The third-order valence-electron chi connectivity index (χ3n) is 5.16. The molecule has 0 aromatic carbocycles. The van der Waals surface area contributed by atoms with Crippen molar-refractivity contribution < 1.29 is 14.0 Å². The van der Waals surface area contributed by atoms with E-state index in [0.29, 0.717) is 31.8 Å². The number of rotatable bonds is 3. The molecule has 8 nitrogen and oxygen atoms in total. The van der Waals surface area contributed by atoms with Crippen molar-refractivity contribution in [2.45, 2.75) is 32.2 Å². The van der Waals surface area contributed by atoms with Gasteiger partial charge in [0.2, 0.25) is 11.0 Å². The lowest BCUT2D eigenvalue weighted by Gasteiger charge is -2.40. The SMILES string of the molecule is Cc1nsc(N2CCN(C(=O)C3CCCCN3C(=O)c3ccco3)CC2)n1. The maximum absolute atomic E-state index is 13.1. The number of nitrogens with zero attached hydrogens (tertiary/aromatic N) is 5. The molecule has 2 amide bonds. The smallest absolute Gasteiger partial charge is 0.290 e. The first-order valence-electron chi connectivity index (χ1n) is 9.32. The van der Waals surface area contributed by atoms with Gasteiger partial charge in [-0.15, -0.1) is 0 Å². The summed E-state index contributed by atoms with van der Waals surface area (Å²) >= 11 is 1.39. The molecule has 2 aliphatic rings. The zero-order valence-electron chi connectivity index (χ0n) is 15.3. The fraction of sp³-hybridized carbons (Fsp3) is 0.556. The maximum Gasteiger partial charge on any atom is 0.290 e. The average Bonchev–Trinajstić information content (AvgIpc) is 3.39. The number of carbonyl (C=O) groups excluding carboxylic acids is 2. The van der Waals surface area contributed by atoms with Gasteiger partial charge in [-0.2, -0.15) is 4.37 Å². The lowest BCUT2D eigenvalue weighted by atomic mass is 10.00. The standard InChI is InChI=1S/C18H23N5O3S/c1-13-19-18(27-20-13)22-10-8-21(9-11-22)16(24)14-5-2-3-7-23(14)17(25)15-6-4-12-26-15/h4,6,12,14H,2-3,5,7-11H2,1H3. The summed E-state index contributed by atoms with van der Waals surface area (Å²) in [5.74, 6) is 0.928. The van der Waals surface area contributed by atoms with Crippen LogP contribution in [-0.4, -0.2) is 69.7 Å². The van der Waals surface area contributed by atoms with Gasteiger partial charge in [-0.3, -0.25) is 9.59 Å². The van der Waals surface area contributed by atoms with Crippen LogP contribution in [0.15, 0.2) is 22.8 Å². The first kappa shape index (κ1) is 18.0. The van der Waals surface area contributed by atoms with E-state index in [1.165, 1.54) is 17.8 Å². The van der Waals surface area contributed by atoms with E-state index in [1.807, 2.05) is 11.8 Å². The second-order valence-corrected chi connectivity index (χ2v) is 7.65. The molecule has 4 heterocycles. The molecule has 2 aromatic rings. The van der Waals surface area contributed by atoms with Gasteiger partial charge in [-0.25, -0.2) is 4.98 Å². The zero-order valence-corrected chi connectivity index (χ0v) is 16.2. The number of piperidine rings is 1. The summed E-state index contributed by atoms with van der Waals surface area (Å²) in [7, 11) is 0. The molecule has 0 N–H and O–H groups in total. The van der Waals surface area contributed by atoms with Crippen molar-refractivity contribution in [1.29, 1.82) is 0 Å². The number of carbonyl (C=O) groups is 2. The Kier molecular flexibility index (Phi) is 5.11. The fourth-order valence-electron chi connectivity index (χ4n) is 3.72. The molecule has 0 radical (unpaired) electrons. The summed E-state index contributed by atoms with van der Waals surface area (Å²) in [5, 5.41) is 0.909. The molecule has 27 heavy (non-hydrogen) atoms. The van der Waals surface area contributed by atoms with Crippen LogP contribution >= 0.6 is 11.5 Å². The topological polar surface area (TPSA) is 82.8 Å². The number of anilines is 1. The third kappa shape index (κ3) is 3.69. The van der Waals surface area contributed by atoms with Crippen molar-refractivity contribution in [2.75, 3.05) is 37.6 Å². The number of amides is 2. The number of hydrogen-bond donors (Lipinski definition) is 0. The number of aromatic nitrogens is 2. The molecule has 2 fully saturated rings. The van der Waals surface area contributed by atoms with Crippen LogP contribution in [0.1, 0.15) is 35.6 Å². The van der Waals surface area contributed by atoms with Crippen LogP contribution in [0.3, 0.4) is 0 Å². The molecule has 2 aromatic heterocycles. The Labute approximate surface area is 161 Å². The van der Waals surface area contributed by atoms with Gasteiger partial charge >= 0.3 is 0 Å². The lowest BCUT2D eigenvalue weighted by Crippen LogP contribution is -2.57. The highest BCUT2D eigenvalue weighted by atomic mass is 32.1. The molecule has 1 atom stereocenters. The third-order valence-corrected chi connectivity index (χ3v) is 6.03. The van der Waals surface area contributed by atoms with Gasteiger partial charge in [0.25, 0.3) is 5.91 Å². The van der Waals surface area contributed by atoms with E-state index >= 15 is 0 Å². The molecule has 144 valence electrons. The minimum Gasteiger partial charge on any atom is -0.459 e. The number of aryl methyl sites for hydroxylation is 1. The van der Waals surface area contributed by atoms with Gasteiger partial charge in [-0.05, 0) is 38.3 Å². The first-order valence-corrected chi connectivity index (χ1v) is 10.1. The van der Waals surface area contributed by atoms with Gasteiger partial charge < -0.3 is 19.1 Å². The van der Waals surface area contributed by atoms with Crippen LogP contribution in [-0.2, 0) is 4.79 Å². The molecule has 4 rings (SSSR count). The number of hydrogen-bond acceptors (Lipinski definition) is 7. The molecule has 9 heteroatoms. The summed E-state index contributed by atoms with van der Waals surface area (Å²) < 4.78 is 9.48. The van der Waals surface area contributed by atoms with Crippen LogP contribution < -0.4 is 4.90 Å². The van der Waals surface area contributed by atoms with Gasteiger partial charge in [0.1, 0.15) is 11.9 Å². The second-order valence-electron chi connectivity index (χ2n) is 6.92. The van der Waals surface area contributed by atoms with Crippen molar-refractivity contribution in [3.63, 3.8) is 0 Å². The van der Waals surface area contributed by atoms with E-state index in [-0.39, 0.29) is 11.8 Å². The van der Waals surface area contributed by atoms with E-state index in [4.69, 9.17) is 4.42 Å². The Morgan fingerprint density at radius 1 is 1.19 bits per heavy atom. The summed E-state index contributed by atoms with van der Waals surface area (Å²) in [4.78, 5) is 36.0. The predicted molar refractivity (Wildman–Crippen MR) is 101 cm³/mol. The lowest BCUT2D eigenvalue weighted by molar-refractivity contribution is -0.137. The minimum absolute atomic E-state index is 0.0442. The second kappa shape index (κ2) is 7.67. The largest absolute Gasteiger partial charge is 0.459 e. The van der Waals surface area contributed by atoms with Crippen LogP contribution in [0.5, 0.6) is 0 Å². The highest BCUT2D eigenvalue weighted by Crippen LogP contribution is 2.24. The van der Waals surface area contributed by atoms with E-state index in [0.717, 1.165) is 36.9 Å². The molecule has 2 aliphatic heterocycles. The number of piperazine rings is 1. The van der Waals surface area contributed by atoms with Crippen LogP contribution in [0.4, 0.5) is 5.13 Å². The normalized spacial score (nSPS) is 20.8. The minimum atomic E-state index is -0.397. The fourth-order valence-corrected chi connectivity index (χ4v) is 4.44. The van der Waals surface area contributed by atoms with Crippen molar-refractivity contribution in [1.82, 2.24) is 19.2 Å². The zero-order chi connectivity index (χ0) is 18.8. The Balaban J connectivity index is 1.41. The molecular formula is C18H23N5O3S. The van der Waals surface area contributed by atoms with Crippen molar-refractivity contribution >= 4 is 28.5 Å². The number of furan rings is 1. The maximum atomic E-state index is 13.1. The van der Waals surface area contributed by atoms with Crippen molar-refractivity contribution in [2.24, 2.45) is 0 Å². The van der Waals surface area contributed by atoms with E-state index in [1.54, 1.807) is 17.0 Å². The molecule has 0 saturated carbocycles. The van der Waals surface area contributed by atoms with Crippen LogP contribution in [0.25, 0.3) is 0 Å². The van der Waals surface area contributed by atoms with Crippen LogP contribution in [0.2, 0.25) is 0 Å². The summed E-state index contributed by atoms with van der Waals surface area (Å²) in [6.07, 6.45) is 4.08. The highest BCUT2D eigenvalue weighted by Gasteiger charge is 2.37. The quantitative estimate of drug-likeness (QED) is 0.796. The summed E-state index contributed by atoms with van der Waals surface area (Å²) in [6.45, 7) is 5.22. The molecule has 1 unspecified atom stereocenters. The van der Waals surface area contributed by atoms with E-state index in [2.05, 4.69) is 14.3 Å². The summed E-state index contributed by atoms with van der Waals surface area (Å²) in [5.41, 5.74) is 0. The van der Waals surface area contributed by atoms with Gasteiger partial charge in [-0.1, -0.05) is 0 Å². The van der Waals surface area contributed by atoms with Gasteiger partial charge in [0.05, 0.1) is 6.26 Å². The molecule has 0 spiro atoms.